The van der Waals surface area contributed by atoms with Crippen LogP contribution in [0.5, 0.6) is 0 Å². The maximum atomic E-state index is 12.8. The van der Waals surface area contributed by atoms with E-state index in [1.54, 1.807) is 11.4 Å². The van der Waals surface area contributed by atoms with E-state index in [1.165, 1.54) is 34.5 Å². The van der Waals surface area contributed by atoms with Gasteiger partial charge in [0, 0.05) is 17.1 Å². The summed E-state index contributed by atoms with van der Waals surface area (Å²) in [6, 6.07) is 4.96. The maximum Gasteiger partial charge on any atom is 0.416 e. The van der Waals surface area contributed by atoms with Crippen LogP contribution in [-0.4, -0.2) is 25.8 Å². The minimum Gasteiger partial charge on any atom is -0.478 e. The van der Waals surface area contributed by atoms with Gasteiger partial charge in [-0.15, -0.1) is 11.3 Å². The van der Waals surface area contributed by atoms with Crippen molar-refractivity contribution < 1.29 is 23.1 Å². The molecule has 0 aliphatic carbocycles. The standard InChI is InChI=1S/C15H10F3N3O2S/c16-15(17,18)11-3-1-2-9(4-11)12-8-24-13(20-12)7-21-6-10(5-19-21)14(22)23/h1-6,8H,7H2,(H,22,23). The molecule has 0 radical (unpaired) electrons. The van der Waals surface area contributed by atoms with Crippen molar-refractivity contribution in [2.75, 3.05) is 0 Å². The zero-order valence-corrected chi connectivity index (χ0v) is 12.8. The summed E-state index contributed by atoms with van der Waals surface area (Å²) in [6.07, 6.45) is -1.81. The van der Waals surface area contributed by atoms with E-state index in [2.05, 4.69) is 10.1 Å². The number of carboxylic acid groups (broad SMARTS) is 1. The normalized spacial score (nSPS) is 11.6. The molecule has 5 nitrogen and oxygen atoms in total. The van der Waals surface area contributed by atoms with Gasteiger partial charge in [0.25, 0.3) is 0 Å². The molecule has 0 spiro atoms. The molecule has 0 amide bonds. The van der Waals surface area contributed by atoms with Crippen LogP contribution in [0, 0.1) is 0 Å². The smallest absolute Gasteiger partial charge is 0.416 e. The molecule has 0 saturated heterocycles. The van der Waals surface area contributed by atoms with Crippen molar-refractivity contribution >= 4 is 17.3 Å². The average molecular weight is 353 g/mol. The highest BCUT2D eigenvalue weighted by Gasteiger charge is 2.30. The molecular formula is C15H10F3N3O2S. The molecule has 1 aromatic carbocycles. The lowest BCUT2D eigenvalue weighted by atomic mass is 10.1. The van der Waals surface area contributed by atoms with Crippen LogP contribution in [0.3, 0.4) is 0 Å². The fourth-order valence-electron chi connectivity index (χ4n) is 2.07. The maximum absolute atomic E-state index is 12.8. The van der Waals surface area contributed by atoms with E-state index >= 15 is 0 Å². The van der Waals surface area contributed by atoms with Gasteiger partial charge in [0.15, 0.2) is 0 Å². The van der Waals surface area contributed by atoms with Crippen molar-refractivity contribution in [3.63, 3.8) is 0 Å². The van der Waals surface area contributed by atoms with E-state index in [1.807, 2.05) is 0 Å². The van der Waals surface area contributed by atoms with Crippen molar-refractivity contribution in [1.82, 2.24) is 14.8 Å². The van der Waals surface area contributed by atoms with Gasteiger partial charge in [-0.1, -0.05) is 12.1 Å². The molecule has 24 heavy (non-hydrogen) atoms. The number of carboxylic acids is 1. The van der Waals surface area contributed by atoms with Crippen molar-refractivity contribution in [3.05, 3.63) is 58.2 Å². The number of hydrogen-bond donors (Lipinski definition) is 1. The second-order valence-electron chi connectivity index (χ2n) is 4.94. The van der Waals surface area contributed by atoms with Gasteiger partial charge in [-0.05, 0) is 12.1 Å². The van der Waals surface area contributed by atoms with Crippen LogP contribution in [0.2, 0.25) is 0 Å². The summed E-state index contributed by atoms with van der Waals surface area (Å²) in [5, 5.41) is 15.0. The predicted octanol–water partition coefficient (Wildman–Crippen LogP) is 3.77. The molecule has 0 bridgehead atoms. The van der Waals surface area contributed by atoms with Crippen LogP contribution in [0.25, 0.3) is 11.3 Å². The molecule has 2 aromatic heterocycles. The first-order valence-electron chi connectivity index (χ1n) is 6.71. The molecular weight excluding hydrogens is 343 g/mol. The van der Waals surface area contributed by atoms with Crippen LogP contribution in [0.4, 0.5) is 13.2 Å². The lowest BCUT2D eigenvalue weighted by Gasteiger charge is -2.07. The molecule has 124 valence electrons. The summed E-state index contributed by atoms with van der Waals surface area (Å²) < 4.78 is 39.7. The van der Waals surface area contributed by atoms with E-state index < -0.39 is 17.7 Å². The van der Waals surface area contributed by atoms with Gasteiger partial charge >= 0.3 is 12.1 Å². The SMILES string of the molecule is O=C(O)c1cnn(Cc2nc(-c3cccc(C(F)(F)F)c3)cs2)c1. The van der Waals surface area contributed by atoms with Gasteiger partial charge in [-0.2, -0.15) is 18.3 Å². The van der Waals surface area contributed by atoms with Crippen LogP contribution < -0.4 is 0 Å². The topological polar surface area (TPSA) is 68.0 Å². The monoisotopic (exact) mass is 353 g/mol. The number of rotatable bonds is 4. The Hall–Kier alpha value is -2.68. The molecule has 3 rings (SSSR count). The van der Waals surface area contributed by atoms with Gasteiger partial charge in [0.2, 0.25) is 0 Å². The summed E-state index contributed by atoms with van der Waals surface area (Å²) in [5.74, 6) is -1.08. The van der Waals surface area contributed by atoms with Gasteiger partial charge in [0.1, 0.15) is 5.01 Å². The molecule has 0 saturated carbocycles. The Balaban J connectivity index is 1.81. The quantitative estimate of drug-likeness (QED) is 0.775. The molecule has 0 aliphatic rings. The predicted molar refractivity (Wildman–Crippen MR) is 80.8 cm³/mol. The minimum absolute atomic E-state index is 0.0599. The number of thiazole rings is 1. The molecule has 1 N–H and O–H groups in total. The third-order valence-electron chi connectivity index (χ3n) is 3.21. The highest BCUT2D eigenvalue weighted by atomic mass is 32.1. The van der Waals surface area contributed by atoms with Crippen LogP contribution >= 0.6 is 11.3 Å². The molecule has 2 heterocycles. The van der Waals surface area contributed by atoms with Crippen LogP contribution in [0.15, 0.2) is 42.0 Å². The van der Waals surface area contributed by atoms with Crippen molar-refractivity contribution in [2.45, 2.75) is 12.7 Å². The number of carbonyl (C=O) groups is 1. The number of benzene rings is 1. The highest BCUT2D eigenvalue weighted by Crippen LogP contribution is 2.32. The van der Waals surface area contributed by atoms with Crippen molar-refractivity contribution in [1.29, 1.82) is 0 Å². The Kier molecular flexibility index (Phi) is 4.10. The first-order valence-corrected chi connectivity index (χ1v) is 7.58. The Morgan fingerprint density at radius 1 is 1.33 bits per heavy atom. The van der Waals surface area contributed by atoms with Gasteiger partial charge < -0.3 is 5.11 Å². The molecule has 0 fully saturated rings. The van der Waals surface area contributed by atoms with E-state index in [-0.39, 0.29) is 12.1 Å². The first kappa shape index (κ1) is 16.2. The van der Waals surface area contributed by atoms with E-state index in [0.717, 1.165) is 12.1 Å². The Morgan fingerprint density at radius 2 is 2.12 bits per heavy atom. The number of hydrogen-bond acceptors (Lipinski definition) is 4. The average Bonchev–Trinajstić information content (AvgIpc) is 3.16. The zero-order chi connectivity index (χ0) is 17.3. The fourth-order valence-corrected chi connectivity index (χ4v) is 2.86. The van der Waals surface area contributed by atoms with Gasteiger partial charge in [-0.3, -0.25) is 4.68 Å². The lowest BCUT2D eigenvalue weighted by Crippen LogP contribution is -2.04. The summed E-state index contributed by atoms with van der Waals surface area (Å²) in [5.41, 5.74) is 0.142. The van der Waals surface area contributed by atoms with Crippen molar-refractivity contribution in [2.24, 2.45) is 0 Å². The number of nitrogens with zero attached hydrogens (tertiary/aromatic N) is 3. The van der Waals surface area contributed by atoms with E-state index in [4.69, 9.17) is 5.11 Å². The molecule has 9 heteroatoms. The largest absolute Gasteiger partial charge is 0.478 e. The van der Waals surface area contributed by atoms with Gasteiger partial charge in [0.05, 0.1) is 29.6 Å². The molecule has 3 aromatic rings. The second-order valence-corrected chi connectivity index (χ2v) is 5.88. The first-order chi connectivity index (χ1) is 11.3. The molecule has 0 aliphatic heterocycles. The Morgan fingerprint density at radius 3 is 2.79 bits per heavy atom. The second kappa shape index (κ2) is 6.08. The summed E-state index contributed by atoms with van der Waals surface area (Å²) in [6.45, 7) is 0.247. The van der Waals surface area contributed by atoms with Crippen molar-refractivity contribution in [3.8, 4) is 11.3 Å². The van der Waals surface area contributed by atoms with E-state index in [9.17, 15) is 18.0 Å². The Labute approximate surface area is 138 Å². The van der Waals surface area contributed by atoms with Crippen LogP contribution in [-0.2, 0) is 12.7 Å². The number of aromatic carboxylic acids is 1. The summed E-state index contributed by atoms with van der Waals surface area (Å²) in [4.78, 5) is 15.1. The van der Waals surface area contributed by atoms with Gasteiger partial charge in [-0.25, -0.2) is 9.78 Å². The molecule has 0 unspecified atom stereocenters. The zero-order valence-electron chi connectivity index (χ0n) is 12.0. The van der Waals surface area contributed by atoms with Crippen LogP contribution in [0.1, 0.15) is 20.9 Å². The fraction of sp³-hybridized carbons (Fsp3) is 0.133. The minimum atomic E-state index is -4.41. The summed E-state index contributed by atoms with van der Waals surface area (Å²) >= 11 is 1.27. The Bertz CT molecular complexity index is 886. The summed E-state index contributed by atoms with van der Waals surface area (Å²) in [7, 11) is 0. The number of aromatic nitrogens is 3. The third kappa shape index (κ3) is 3.46. The lowest BCUT2D eigenvalue weighted by molar-refractivity contribution is -0.137. The number of halogens is 3. The van der Waals surface area contributed by atoms with E-state index in [0.29, 0.717) is 16.3 Å². The number of alkyl halides is 3. The third-order valence-corrected chi connectivity index (χ3v) is 4.05. The molecule has 0 atom stereocenters. The highest BCUT2D eigenvalue weighted by molar-refractivity contribution is 7.09.